The van der Waals surface area contributed by atoms with Crippen LogP contribution >= 0.6 is 15.9 Å². The van der Waals surface area contributed by atoms with E-state index in [1.165, 1.54) is 58.0 Å². The standard InChI is InChI=1S/C14H28BrN/c1-3-5-7-13(4-2)12-16(11-10-15)14-8-6-9-14/h13-14H,3-12H2,1-2H3. The molecule has 1 nitrogen and oxygen atoms in total. The second-order valence-corrected chi connectivity index (χ2v) is 5.98. The molecular weight excluding hydrogens is 262 g/mol. The van der Waals surface area contributed by atoms with Gasteiger partial charge in [-0.2, -0.15) is 0 Å². The molecule has 1 aliphatic carbocycles. The second-order valence-electron chi connectivity index (χ2n) is 5.19. The highest BCUT2D eigenvalue weighted by Crippen LogP contribution is 2.27. The van der Waals surface area contributed by atoms with E-state index < -0.39 is 0 Å². The van der Waals surface area contributed by atoms with E-state index in [9.17, 15) is 0 Å². The third-order valence-corrected chi connectivity index (χ3v) is 4.35. The van der Waals surface area contributed by atoms with E-state index in [-0.39, 0.29) is 0 Å². The van der Waals surface area contributed by atoms with Gasteiger partial charge in [-0.05, 0) is 25.2 Å². The summed E-state index contributed by atoms with van der Waals surface area (Å²) in [5.41, 5.74) is 0. The van der Waals surface area contributed by atoms with Crippen molar-refractivity contribution < 1.29 is 0 Å². The van der Waals surface area contributed by atoms with Crippen LogP contribution in [0.25, 0.3) is 0 Å². The van der Waals surface area contributed by atoms with Crippen LogP contribution in [-0.2, 0) is 0 Å². The van der Waals surface area contributed by atoms with Crippen molar-refractivity contribution in [3.05, 3.63) is 0 Å². The molecule has 1 fully saturated rings. The summed E-state index contributed by atoms with van der Waals surface area (Å²) < 4.78 is 0. The van der Waals surface area contributed by atoms with Crippen molar-refractivity contribution in [2.75, 3.05) is 18.4 Å². The fourth-order valence-corrected chi connectivity index (χ4v) is 2.99. The van der Waals surface area contributed by atoms with Crippen LogP contribution in [0.3, 0.4) is 0 Å². The monoisotopic (exact) mass is 289 g/mol. The summed E-state index contributed by atoms with van der Waals surface area (Å²) in [6.45, 7) is 7.24. The molecule has 1 rings (SSSR count). The van der Waals surface area contributed by atoms with Gasteiger partial charge in [-0.15, -0.1) is 0 Å². The van der Waals surface area contributed by atoms with Crippen molar-refractivity contribution in [3.63, 3.8) is 0 Å². The molecule has 16 heavy (non-hydrogen) atoms. The van der Waals surface area contributed by atoms with Gasteiger partial charge in [0.2, 0.25) is 0 Å². The minimum Gasteiger partial charge on any atom is -0.299 e. The van der Waals surface area contributed by atoms with Gasteiger partial charge in [-0.25, -0.2) is 0 Å². The molecule has 0 bridgehead atoms. The number of rotatable bonds is 9. The predicted molar refractivity (Wildman–Crippen MR) is 76.3 cm³/mol. The Bertz CT molecular complexity index is 168. The van der Waals surface area contributed by atoms with Crippen molar-refractivity contribution in [3.8, 4) is 0 Å². The summed E-state index contributed by atoms with van der Waals surface area (Å²) in [5, 5.41) is 1.13. The Balaban J connectivity index is 2.31. The number of hydrogen-bond donors (Lipinski definition) is 0. The topological polar surface area (TPSA) is 3.24 Å². The number of nitrogens with zero attached hydrogens (tertiary/aromatic N) is 1. The predicted octanol–water partition coefficient (Wildman–Crippen LogP) is 4.45. The molecule has 1 atom stereocenters. The molecule has 1 unspecified atom stereocenters. The first-order valence-corrected chi connectivity index (χ1v) is 8.23. The minimum atomic E-state index is 0.910. The third-order valence-electron chi connectivity index (χ3n) is 4.00. The maximum Gasteiger partial charge on any atom is 0.0159 e. The van der Waals surface area contributed by atoms with Crippen molar-refractivity contribution in [1.82, 2.24) is 4.90 Å². The summed E-state index contributed by atoms with van der Waals surface area (Å²) in [7, 11) is 0. The molecule has 0 aromatic carbocycles. The Morgan fingerprint density at radius 2 is 2.06 bits per heavy atom. The number of unbranched alkanes of at least 4 members (excludes halogenated alkanes) is 1. The van der Waals surface area contributed by atoms with E-state index >= 15 is 0 Å². The highest BCUT2D eigenvalue weighted by atomic mass is 79.9. The zero-order valence-electron chi connectivity index (χ0n) is 11.1. The lowest BCUT2D eigenvalue weighted by molar-refractivity contribution is 0.111. The minimum absolute atomic E-state index is 0.910. The highest BCUT2D eigenvalue weighted by molar-refractivity contribution is 9.09. The van der Waals surface area contributed by atoms with E-state index in [2.05, 4.69) is 34.7 Å². The fourth-order valence-electron chi connectivity index (χ4n) is 2.53. The zero-order valence-corrected chi connectivity index (χ0v) is 12.6. The highest BCUT2D eigenvalue weighted by Gasteiger charge is 2.25. The van der Waals surface area contributed by atoms with Gasteiger partial charge in [0, 0.05) is 24.5 Å². The third kappa shape index (κ3) is 4.75. The van der Waals surface area contributed by atoms with E-state index in [1.807, 2.05) is 0 Å². The number of hydrogen-bond acceptors (Lipinski definition) is 1. The van der Waals surface area contributed by atoms with E-state index in [0.29, 0.717) is 0 Å². The Kier molecular flexibility index (Phi) is 7.72. The van der Waals surface area contributed by atoms with Gasteiger partial charge in [0.05, 0.1) is 0 Å². The lowest BCUT2D eigenvalue weighted by Crippen LogP contribution is -2.43. The molecule has 0 radical (unpaired) electrons. The number of halogens is 1. The van der Waals surface area contributed by atoms with Gasteiger partial charge in [-0.3, -0.25) is 4.90 Å². The lowest BCUT2D eigenvalue weighted by Gasteiger charge is -2.39. The van der Waals surface area contributed by atoms with Gasteiger partial charge in [0.25, 0.3) is 0 Å². The largest absolute Gasteiger partial charge is 0.299 e. The zero-order chi connectivity index (χ0) is 11.8. The quantitative estimate of drug-likeness (QED) is 0.567. The molecule has 0 spiro atoms. The second kappa shape index (κ2) is 8.52. The van der Waals surface area contributed by atoms with Crippen molar-refractivity contribution in [2.24, 2.45) is 5.92 Å². The average molecular weight is 290 g/mol. The van der Waals surface area contributed by atoms with Crippen LogP contribution in [0.15, 0.2) is 0 Å². The van der Waals surface area contributed by atoms with Crippen LogP contribution in [0.1, 0.15) is 58.8 Å². The van der Waals surface area contributed by atoms with E-state index in [4.69, 9.17) is 0 Å². The van der Waals surface area contributed by atoms with Crippen molar-refractivity contribution in [1.29, 1.82) is 0 Å². The molecule has 0 N–H and O–H groups in total. The Labute approximate surface area is 110 Å². The van der Waals surface area contributed by atoms with Gasteiger partial charge in [0.1, 0.15) is 0 Å². The van der Waals surface area contributed by atoms with Crippen LogP contribution in [0.2, 0.25) is 0 Å². The summed E-state index contributed by atoms with van der Waals surface area (Å²) >= 11 is 3.59. The summed E-state index contributed by atoms with van der Waals surface area (Å²) in [4.78, 5) is 2.74. The maximum atomic E-state index is 3.59. The summed E-state index contributed by atoms with van der Waals surface area (Å²) in [5.74, 6) is 0.930. The molecule has 96 valence electrons. The average Bonchev–Trinajstić information content (AvgIpc) is 2.21. The van der Waals surface area contributed by atoms with Crippen LogP contribution < -0.4 is 0 Å². The molecule has 0 saturated heterocycles. The summed E-state index contributed by atoms with van der Waals surface area (Å²) in [6, 6.07) is 0.910. The van der Waals surface area contributed by atoms with E-state index in [0.717, 1.165) is 17.3 Å². The smallest absolute Gasteiger partial charge is 0.0159 e. The van der Waals surface area contributed by atoms with Gasteiger partial charge < -0.3 is 0 Å². The van der Waals surface area contributed by atoms with Crippen LogP contribution in [-0.4, -0.2) is 29.4 Å². The van der Waals surface area contributed by atoms with Crippen LogP contribution in [0.5, 0.6) is 0 Å². The van der Waals surface area contributed by atoms with Crippen molar-refractivity contribution >= 4 is 15.9 Å². The molecule has 1 aliphatic rings. The Hall–Kier alpha value is 0.440. The lowest BCUT2D eigenvalue weighted by atomic mass is 9.89. The SMILES string of the molecule is CCCCC(CC)CN(CCBr)C1CCC1. The normalized spacial score (nSPS) is 18.8. The van der Waals surface area contributed by atoms with Crippen LogP contribution in [0.4, 0.5) is 0 Å². The summed E-state index contributed by atoms with van der Waals surface area (Å²) in [6.07, 6.45) is 9.87. The molecule has 1 saturated carbocycles. The Morgan fingerprint density at radius 1 is 1.31 bits per heavy atom. The first-order valence-electron chi connectivity index (χ1n) is 7.11. The molecule has 2 heteroatoms. The number of alkyl halides is 1. The maximum absolute atomic E-state index is 3.59. The van der Waals surface area contributed by atoms with Gasteiger partial charge >= 0.3 is 0 Å². The van der Waals surface area contributed by atoms with Gasteiger partial charge in [-0.1, -0.05) is 55.5 Å². The first-order chi connectivity index (χ1) is 7.81. The molecule has 0 aromatic rings. The first kappa shape index (κ1) is 14.5. The van der Waals surface area contributed by atoms with Crippen LogP contribution in [0, 0.1) is 5.92 Å². The molecule has 0 amide bonds. The van der Waals surface area contributed by atoms with E-state index in [1.54, 1.807) is 0 Å². The molecule has 0 aromatic heterocycles. The van der Waals surface area contributed by atoms with Crippen molar-refractivity contribution in [2.45, 2.75) is 64.8 Å². The van der Waals surface area contributed by atoms with Gasteiger partial charge in [0.15, 0.2) is 0 Å². The molecule has 0 aliphatic heterocycles. The molecule has 0 heterocycles. The molecular formula is C14H28BrN. The Morgan fingerprint density at radius 3 is 2.50 bits per heavy atom. The fraction of sp³-hybridized carbons (Fsp3) is 1.00.